The summed E-state index contributed by atoms with van der Waals surface area (Å²) in [6, 6.07) is 17.5. The van der Waals surface area contributed by atoms with Gasteiger partial charge < -0.3 is 4.52 Å². The molecule has 0 saturated carbocycles. The first-order chi connectivity index (χ1) is 13.6. The molecule has 2 heterocycles. The average Bonchev–Trinajstić information content (AvgIpc) is 3.25. The van der Waals surface area contributed by atoms with Gasteiger partial charge in [-0.25, -0.2) is 8.42 Å². The summed E-state index contributed by atoms with van der Waals surface area (Å²) in [5.41, 5.74) is 1.30. The number of rotatable bonds is 4. The molecule has 0 amide bonds. The van der Waals surface area contributed by atoms with Gasteiger partial charge >= 0.3 is 0 Å². The molecular formula is C20H18N4O3S. The Kier molecular flexibility index (Phi) is 4.94. The van der Waals surface area contributed by atoms with Gasteiger partial charge in [0.2, 0.25) is 10.0 Å². The molecule has 2 aromatic carbocycles. The van der Waals surface area contributed by atoms with Crippen molar-refractivity contribution in [1.82, 2.24) is 14.4 Å². The number of sulfonamides is 1. The fourth-order valence-electron chi connectivity index (χ4n) is 3.30. The van der Waals surface area contributed by atoms with E-state index in [0.29, 0.717) is 43.2 Å². The highest BCUT2D eigenvalue weighted by Gasteiger charge is 2.31. The fraction of sp³-hybridized carbons (Fsp3) is 0.250. The summed E-state index contributed by atoms with van der Waals surface area (Å²) in [4.78, 5) is 4.70. The zero-order valence-electron chi connectivity index (χ0n) is 15.0. The number of hydrogen-bond donors (Lipinski definition) is 0. The van der Waals surface area contributed by atoms with E-state index in [2.05, 4.69) is 10.1 Å². The molecule has 0 aliphatic carbocycles. The van der Waals surface area contributed by atoms with Crippen molar-refractivity contribution in [3.8, 4) is 17.5 Å². The fourth-order valence-corrected chi connectivity index (χ4v) is 4.77. The van der Waals surface area contributed by atoms with Crippen LogP contribution in [-0.2, 0) is 10.0 Å². The molecule has 0 spiro atoms. The first kappa shape index (κ1) is 18.3. The maximum atomic E-state index is 12.8. The van der Waals surface area contributed by atoms with Gasteiger partial charge in [0, 0.05) is 24.6 Å². The molecule has 1 aliphatic heterocycles. The highest BCUT2D eigenvalue weighted by atomic mass is 32.2. The Morgan fingerprint density at radius 3 is 2.36 bits per heavy atom. The molecule has 28 heavy (non-hydrogen) atoms. The van der Waals surface area contributed by atoms with Crippen LogP contribution in [0.25, 0.3) is 11.5 Å². The van der Waals surface area contributed by atoms with Crippen molar-refractivity contribution in [2.45, 2.75) is 23.7 Å². The topological polar surface area (TPSA) is 100 Å². The maximum absolute atomic E-state index is 12.8. The Morgan fingerprint density at radius 2 is 1.71 bits per heavy atom. The number of piperidine rings is 1. The number of hydrogen-bond acceptors (Lipinski definition) is 6. The lowest BCUT2D eigenvalue weighted by Crippen LogP contribution is -2.38. The zero-order valence-corrected chi connectivity index (χ0v) is 15.8. The van der Waals surface area contributed by atoms with E-state index in [1.165, 1.54) is 28.6 Å². The first-order valence-electron chi connectivity index (χ1n) is 8.97. The molecule has 1 fully saturated rings. The van der Waals surface area contributed by atoms with E-state index in [0.717, 1.165) is 5.56 Å². The molecule has 3 aromatic rings. The quantitative estimate of drug-likeness (QED) is 0.674. The minimum Gasteiger partial charge on any atom is -0.334 e. The molecule has 0 N–H and O–H groups in total. The van der Waals surface area contributed by atoms with Crippen LogP contribution in [-0.4, -0.2) is 36.0 Å². The second-order valence-corrected chi connectivity index (χ2v) is 8.58. The van der Waals surface area contributed by atoms with Crippen molar-refractivity contribution in [2.75, 3.05) is 13.1 Å². The standard InChI is InChI=1S/C20H18N4O3S/c21-14-15-6-8-18(9-7-15)28(25,26)24-12-10-16(11-13-24)19-22-20(27-23-19)17-4-2-1-3-5-17/h1-9,16H,10-13H2. The predicted octanol–water partition coefficient (Wildman–Crippen LogP) is 3.18. The van der Waals surface area contributed by atoms with Crippen LogP contribution in [0.1, 0.15) is 30.1 Å². The molecule has 0 unspecified atom stereocenters. The molecule has 0 atom stereocenters. The van der Waals surface area contributed by atoms with Crippen molar-refractivity contribution >= 4 is 10.0 Å². The predicted molar refractivity (Wildman–Crippen MR) is 102 cm³/mol. The van der Waals surface area contributed by atoms with Crippen molar-refractivity contribution in [1.29, 1.82) is 5.26 Å². The molecule has 4 rings (SSSR count). The molecule has 1 saturated heterocycles. The number of aromatic nitrogens is 2. The number of nitrogens with zero attached hydrogens (tertiary/aromatic N) is 4. The summed E-state index contributed by atoms with van der Waals surface area (Å²) < 4.78 is 32.5. The average molecular weight is 394 g/mol. The Bertz CT molecular complexity index is 1090. The lowest BCUT2D eigenvalue weighted by molar-refractivity contribution is 0.307. The summed E-state index contributed by atoms with van der Waals surface area (Å²) in [7, 11) is -3.57. The third-order valence-corrected chi connectivity index (χ3v) is 6.82. The molecule has 8 heteroatoms. The molecule has 0 radical (unpaired) electrons. The molecular weight excluding hydrogens is 376 g/mol. The third-order valence-electron chi connectivity index (χ3n) is 4.90. The van der Waals surface area contributed by atoms with Crippen LogP contribution in [0.2, 0.25) is 0 Å². The van der Waals surface area contributed by atoms with Gasteiger partial charge in [-0.1, -0.05) is 23.4 Å². The van der Waals surface area contributed by atoms with Crippen LogP contribution < -0.4 is 0 Å². The minimum absolute atomic E-state index is 0.0635. The maximum Gasteiger partial charge on any atom is 0.257 e. The van der Waals surface area contributed by atoms with E-state index < -0.39 is 10.0 Å². The summed E-state index contributed by atoms with van der Waals surface area (Å²) in [5, 5.41) is 13.0. The molecule has 0 bridgehead atoms. The van der Waals surface area contributed by atoms with Gasteiger partial charge in [0.05, 0.1) is 16.5 Å². The lowest BCUT2D eigenvalue weighted by Gasteiger charge is -2.29. The Labute approximate surface area is 163 Å². The van der Waals surface area contributed by atoms with E-state index in [1.807, 2.05) is 36.4 Å². The highest BCUT2D eigenvalue weighted by molar-refractivity contribution is 7.89. The van der Waals surface area contributed by atoms with E-state index >= 15 is 0 Å². The minimum atomic E-state index is -3.57. The third kappa shape index (κ3) is 3.54. The zero-order chi connectivity index (χ0) is 19.6. The molecule has 142 valence electrons. The first-order valence-corrected chi connectivity index (χ1v) is 10.4. The van der Waals surface area contributed by atoms with E-state index in [9.17, 15) is 8.42 Å². The monoisotopic (exact) mass is 394 g/mol. The Hall–Kier alpha value is -3.02. The van der Waals surface area contributed by atoms with Crippen LogP contribution in [0.4, 0.5) is 0 Å². The van der Waals surface area contributed by atoms with Crippen molar-refractivity contribution in [2.24, 2.45) is 0 Å². The molecule has 1 aromatic heterocycles. The SMILES string of the molecule is N#Cc1ccc(S(=O)(=O)N2CCC(c3noc(-c4ccccc4)n3)CC2)cc1. The summed E-state index contributed by atoms with van der Waals surface area (Å²) in [6.07, 6.45) is 1.26. The van der Waals surface area contributed by atoms with Gasteiger partial charge in [-0.15, -0.1) is 0 Å². The summed E-state index contributed by atoms with van der Waals surface area (Å²) in [5.74, 6) is 1.16. The Balaban J connectivity index is 1.44. The van der Waals surface area contributed by atoms with Gasteiger partial charge in [-0.2, -0.15) is 14.6 Å². The summed E-state index contributed by atoms with van der Waals surface area (Å²) >= 11 is 0. The number of nitriles is 1. The van der Waals surface area contributed by atoms with E-state index in [-0.39, 0.29) is 10.8 Å². The van der Waals surface area contributed by atoms with Crippen LogP contribution in [0.15, 0.2) is 64.0 Å². The second kappa shape index (κ2) is 7.54. The number of benzene rings is 2. The smallest absolute Gasteiger partial charge is 0.257 e. The second-order valence-electron chi connectivity index (χ2n) is 6.64. The van der Waals surface area contributed by atoms with Crippen LogP contribution in [0.5, 0.6) is 0 Å². The van der Waals surface area contributed by atoms with Crippen LogP contribution in [0, 0.1) is 11.3 Å². The van der Waals surface area contributed by atoms with E-state index in [1.54, 1.807) is 0 Å². The van der Waals surface area contributed by atoms with Gasteiger partial charge in [0.1, 0.15) is 0 Å². The van der Waals surface area contributed by atoms with Gasteiger partial charge in [-0.05, 0) is 49.2 Å². The van der Waals surface area contributed by atoms with Crippen LogP contribution in [0.3, 0.4) is 0 Å². The molecule has 1 aliphatic rings. The van der Waals surface area contributed by atoms with Crippen LogP contribution >= 0.6 is 0 Å². The molecule has 7 nitrogen and oxygen atoms in total. The van der Waals surface area contributed by atoms with E-state index in [4.69, 9.17) is 9.78 Å². The van der Waals surface area contributed by atoms with Gasteiger partial charge in [0.25, 0.3) is 5.89 Å². The van der Waals surface area contributed by atoms with Crippen molar-refractivity contribution in [3.63, 3.8) is 0 Å². The normalized spacial score (nSPS) is 16.0. The highest BCUT2D eigenvalue weighted by Crippen LogP contribution is 2.30. The van der Waals surface area contributed by atoms with Crippen molar-refractivity contribution < 1.29 is 12.9 Å². The largest absolute Gasteiger partial charge is 0.334 e. The summed E-state index contributed by atoms with van der Waals surface area (Å²) in [6.45, 7) is 0.782. The van der Waals surface area contributed by atoms with Crippen molar-refractivity contribution in [3.05, 3.63) is 66.0 Å². The lowest BCUT2D eigenvalue weighted by atomic mass is 9.97. The Morgan fingerprint density at radius 1 is 1.04 bits per heavy atom. The van der Waals surface area contributed by atoms with Gasteiger partial charge in [-0.3, -0.25) is 0 Å². The van der Waals surface area contributed by atoms with Gasteiger partial charge in [0.15, 0.2) is 5.82 Å².